The van der Waals surface area contributed by atoms with Crippen LogP contribution in [0.4, 0.5) is 8.78 Å². The summed E-state index contributed by atoms with van der Waals surface area (Å²) in [6, 6.07) is 9.84. The van der Waals surface area contributed by atoms with Crippen molar-refractivity contribution in [2.75, 3.05) is 20.7 Å². The number of nitrogens with one attached hydrogen (secondary N) is 2. The van der Waals surface area contributed by atoms with Crippen LogP contribution in [0.2, 0.25) is 0 Å². The number of ether oxygens (including phenoxy) is 1. The largest absolute Gasteiger partial charge is 0.496 e. The SMILES string of the molecule is CN=C(NCCc1c(F)cccc1F)NCc1ccc(C)cc1OC.I. The third-order valence-corrected chi connectivity index (χ3v) is 3.84. The molecule has 0 atom stereocenters. The fourth-order valence-corrected chi connectivity index (χ4v) is 2.47. The molecule has 0 fully saturated rings. The van der Waals surface area contributed by atoms with Gasteiger partial charge in [0.05, 0.1) is 7.11 Å². The summed E-state index contributed by atoms with van der Waals surface area (Å²) in [4.78, 5) is 4.12. The molecule has 0 aliphatic rings. The summed E-state index contributed by atoms with van der Waals surface area (Å²) in [6.07, 6.45) is 0.229. The van der Waals surface area contributed by atoms with Gasteiger partial charge in [0, 0.05) is 31.3 Å². The Hall–Kier alpha value is -1.90. The first-order valence-electron chi connectivity index (χ1n) is 8.06. The van der Waals surface area contributed by atoms with Crippen LogP contribution in [0.3, 0.4) is 0 Å². The molecule has 0 amide bonds. The zero-order valence-electron chi connectivity index (χ0n) is 15.1. The standard InChI is InChI=1S/C19H23F2N3O.HI/c1-13-7-8-14(18(11-13)25-3)12-24-19(22-2)23-10-9-15-16(20)5-4-6-17(15)21;/h4-8,11H,9-10,12H2,1-3H3,(H2,22,23,24);1H. The van der Waals surface area contributed by atoms with Crippen LogP contribution in [-0.2, 0) is 13.0 Å². The monoisotopic (exact) mass is 475 g/mol. The zero-order valence-corrected chi connectivity index (χ0v) is 17.4. The first kappa shape index (κ1) is 22.1. The van der Waals surface area contributed by atoms with Gasteiger partial charge in [0.2, 0.25) is 0 Å². The smallest absolute Gasteiger partial charge is 0.191 e. The first-order valence-corrected chi connectivity index (χ1v) is 8.06. The third-order valence-electron chi connectivity index (χ3n) is 3.84. The Morgan fingerprint density at radius 1 is 1.12 bits per heavy atom. The van der Waals surface area contributed by atoms with Gasteiger partial charge < -0.3 is 15.4 Å². The number of aliphatic imine (C=N–C) groups is 1. The van der Waals surface area contributed by atoms with E-state index < -0.39 is 11.6 Å². The molecule has 0 heterocycles. The fourth-order valence-electron chi connectivity index (χ4n) is 2.47. The molecule has 0 aliphatic heterocycles. The van der Waals surface area contributed by atoms with E-state index in [4.69, 9.17) is 4.74 Å². The highest BCUT2D eigenvalue weighted by Gasteiger charge is 2.09. The number of hydrogen-bond acceptors (Lipinski definition) is 2. The van der Waals surface area contributed by atoms with Crippen LogP contribution in [0.25, 0.3) is 0 Å². The van der Waals surface area contributed by atoms with Gasteiger partial charge in [-0.3, -0.25) is 4.99 Å². The minimum absolute atomic E-state index is 0. The van der Waals surface area contributed by atoms with Crippen LogP contribution in [0.15, 0.2) is 41.4 Å². The van der Waals surface area contributed by atoms with Crippen LogP contribution in [0.1, 0.15) is 16.7 Å². The summed E-state index contributed by atoms with van der Waals surface area (Å²) >= 11 is 0. The average molecular weight is 475 g/mol. The van der Waals surface area contributed by atoms with E-state index in [1.165, 1.54) is 18.2 Å². The minimum atomic E-state index is -0.533. The maximum absolute atomic E-state index is 13.6. The molecule has 0 bridgehead atoms. The van der Waals surface area contributed by atoms with Crippen molar-refractivity contribution < 1.29 is 13.5 Å². The number of halogens is 3. The number of rotatable bonds is 6. The van der Waals surface area contributed by atoms with Crippen molar-refractivity contribution in [1.82, 2.24) is 10.6 Å². The molecular formula is C19H24F2IN3O. The van der Waals surface area contributed by atoms with E-state index in [9.17, 15) is 8.78 Å². The fraction of sp³-hybridized carbons (Fsp3) is 0.316. The van der Waals surface area contributed by atoms with Crippen molar-refractivity contribution in [2.45, 2.75) is 19.9 Å². The molecule has 0 saturated heterocycles. The first-order chi connectivity index (χ1) is 12.0. The Balaban J connectivity index is 0.00000338. The normalized spacial score (nSPS) is 10.9. The van der Waals surface area contributed by atoms with Crippen molar-refractivity contribution in [3.05, 3.63) is 64.7 Å². The number of benzene rings is 2. The number of aryl methyl sites for hydroxylation is 1. The molecule has 7 heteroatoms. The lowest BCUT2D eigenvalue weighted by atomic mass is 10.1. The highest BCUT2D eigenvalue weighted by Crippen LogP contribution is 2.19. The molecule has 4 nitrogen and oxygen atoms in total. The van der Waals surface area contributed by atoms with Gasteiger partial charge in [0.25, 0.3) is 0 Å². The van der Waals surface area contributed by atoms with Crippen LogP contribution in [0, 0.1) is 18.6 Å². The number of guanidine groups is 1. The van der Waals surface area contributed by atoms with Crippen molar-refractivity contribution >= 4 is 29.9 Å². The summed E-state index contributed by atoms with van der Waals surface area (Å²) < 4.78 is 32.6. The van der Waals surface area contributed by atoms with Gasteiger partial charge in [-0.05, 0) is 37.1 Å². The third kappa shape index (κ3) is 6.12. The van der Waals surface area contributed by atoms with Gasteiger partial charge in [0.1, 0.15) is 17.4 Å². The Labute approximate surface area is 170 Å². The molecule has 0 radical (unpaired) electrons. The van der Waals surface area contributed by atoms with E-state index in [1.807, 2.05) is 25.1 Å². The number of hydrogen-bond donors (Lipinski definition) is 2. The lowest BCUT2D eigenvalue weighted by molar-refractivity contribution is 0.408. The van der Waals surface area contributed by atoms with Crippen LogP contribution >= 0.6 is 24.0 Å². The van der Waals surface area contributed by atoms with Crippen LogP contribution in [-0.4, -0.2) is 26.7 Å². The van der Waals surface area contributed by atoms with E-state index in [0.29, 0.717) is 19.0 Å². The maximum atomic E-state index is 13.6. The second kappa shape index (κ2) is 10.9. The van der Waals surface area contributed by atoms with Crippen molar-refractivity contribution in [3.8, 4) is 5.75 Å². The van der Waals surface area contributed by atoms with Crippen molar-refractivity contribution in [3.63, 3.8) is 0 Å². The Bertz CT molecular complexity index is 733. The van der Waals surface area contributed by atoms with Crippen molar-refractivity contribution in [1.29, 1.82) is 0 Å². The lowest BCUT2D eigenvalue weighted by Gasteiger charge is -2.14. The highest BCUT2D eigenvalue weighted by atomic mass is 127. The van der Waals surface area contributed by atoms with Gasteiger partial charge >= 0.3 is 0 Å². The molecule has 26 heavy (non-hydrogen) atoms. The van der Waals surface area contributed by atoms with Gasteiger partial charge in [-0.1, -0.05) is 18.2 Å². The summed E-state index contributed by atoms with van der Waals surface area (Å²) in [6.45, 7) is 2.89. The molecule has 2 rings (SSSR count). The minimum Gasteiger partial charge on any atom is -0.496 e. The molecule has 2 aromatic rings. The molecule has 142 valence electrons. The molecule has 2 N–H and O–H groups in total. The molecule has 0 spiro atoms. The van der Waals surface area contributed by atoms with E-state index in [2.05, 4.69) is 15.6 Å². The van der Waals surface area contributed by atoms with Gasteiger partial charge in [0.15, 0.2) is 5.96 Å². The summed E-state index contributed by atoms with van der Waals surface area (Å²) in [5, 5.41) is 6.22. The summed E-state index contributed by atoms with van der Waals surface area (Å²) in [5.41, 5.74) is 2.19. The predicted molar refractivity (Wildman–Crippen MR) is 111 cm³/mol. The Morgan fingerprint density at radius 3 is 2.42 bits per heavy atom. The van der Waals surface area contributed by atoms with Crippen molar-refractivity contribution in [2.24, 2.45) is 4.99 Å². The van der Waals surface area contributed by atoms with Crippen LogP contribution < -0.4 is 15.4 Å². The van der Waals surface area contributed by atoms with E-state index >= 15 is 0 Å². The number of methoxy groups -OCH3 is 1. The van der Waals surface area contributed by atoms with E-state index in [0.717, 1.165) is 16.9 Å². The topological polar surface area (TPSA) is 45.7 Å². The number of nitrogens with zero attached hydrogens (tertiary/aromatic N) is 1. The molecule has 0 aromatic heterocycles. The molecule has 0 unspecified atom stereocenters. The highest BCUT2D eigenvalue weighted by molar-refractivity contribution is 14.0. The van der Waals surface area contributed by atoms with Gasteiger partial charge in [-0.2, -0.15) is 0 Å². The molecule has 2 aromatic carbocycles. The quantitative estimate of drug-likeness (QED) is 0.380. The maximum Gasteiger partial charge on any atom is 0.191 e. The molecular weight excluding hydrogens is 451 g/mol. The van der Waals surface area contributed by atoms with Crippen LogP contribution in [0.5, 0.6) is 5.75 Å². The Kier molecular flexibility index (Phi) is 9.32. The predicted octanol–water partition coefficient (Wildman–Crippen LogP) is 3.81. The summed E-state index contributed by atoms with van der Waals surface area (Å²) in [5.74, 6) is 0.291. The summed E-state index contributed by atoms with van der Waals surface area (Å²) in [7, 11) is 3.28. The zero-order chi connectivity index (χ0) is 18.2. The Morgan fingerprint density at radius 2 is 1.81 bits per heavy atom. The second-order valence-corrected chi connectivity index (χ2v) is 5.62. The molecule has 0 aliphatic carbocycles. The van der Waals surface area contributed by atoms with E-state index in [1.54, 1.807) is 14.2 Å². The second-order valence-electron chi connectivity index (χ2n) is 5.62. The van der Waals surface area contributed by atoms with Gasteiger partial charge in [-0.15, -0.1) is 24.0 Å². The average Bonchev–Trinajstić information content (AvgIpc) is 2.60. The lowest BCUT2D eigenvalue weighted by Crippen LogP contribution is -2.38. The molecule has 0 saturated carbocycles. The van der Waals surface area contributed by atoms with E-state index in [-0.39, 0.29) is 36.0 Å². The van der Waals surface area contributed by atoms with Gasteiger partial charge in [-0.25, -0.2) is 8.78 Å².